The molecule has 0 unspecified atom stereocenters. The lowest BCUT2D eigenvalue weighted by atomic mass is 9.99. The van der Waals surface area contributed by atoms with Crippen LogP contribution in [0.25, 0.3) is 0 Å². The predicted molar refractivity (Wildman–Crippen MR) is 101 cm³/mol. The summed E-state index contributed by atoms with van der Waals surface area (Å²) in [4.78, 5) is 19.2. The Morgan fingerprint density at radius 2 is 1.84 bits per heavy atom. The lowest BCUT2D eigenvalue weighted by Gasteiger charge is -2.36. The maximum absolute atomic E-state index is 12.6. The number of amides is 1. The summed E-state index contributed by atoms with van der Waals surface area (Å²) in [6.45, 7) is 8.26. The van der Waals surface area contributed by atoms with Crippen LogP contribution in [0.3, 0.4) is 0 Å². The molecule has 0 saturated carbocycles. The van der Waals surface area contributed by atoms with E-state index in [0.29, 0.717) is 6.04 Å². The highest BCUT2D eigenvalue weighted by atomic mass is 16.1. The number of piperidine rings is 1. The van der Waals surface area contributed by atoms with Crippen molar-refractivity contribution in [2.75, 3.05) is 13.1 Å². The van der Waals surface area contributed by atoms with Crippen molar-refractivity contribution in [1.29, 1.82) is 0 Å². The first kappa shape index (κ1) is 17.6. The Kier molecular flexibility index (Phi) is 5.49. The molecule has 0 spiro atoms. The van der Waals surface area contributed by atoms with Gasteiger partial charge in [0.05, 0.1) is 0 Å². The summed E-state index contributed by atoms with van der Waals surface area (Å²) in [7, 11) is 0. The molecule has 1 saturated heterocycles. The molecule has 2 heterocycles. The second-order valence-electron chi connectivity index (χ2n) is 7.06. The number of hydrogen-bond acceptors (Lipinski definition) is 3. The molecule has 0 radical (unpaired) electrons. The number of aryl methyl sites for hydroxylation is 2. The normalized spacial score (nSPS) is 17.2. The molecule has 132 valence electrons. The van der Waals surface area contributed by atoms with Crippen molar-refractivity contribution in [3.63, 3.8) is 0 Å². The topological polar surface area (TPSA) is 45.2 Å². The van der Waals surface area contributed by atoms with Gasteiger partial charge in [0.15, 0.2) is 0 Å². The summed E-state index contributed by atoms with van der Waals surface area (Å²) in [5.74, 6) is 0.0573. The Morgan fingerprint density at radius 1 is 1.16 bits per heavy atom. The molecule has 1 N–H and O–H groups in total. The number of rotatable bonds is 4. The average Bonchev–Trinajstić information content (AvgIpc) is 2.64. The van der Waals surface area contributed by atoms with Crippen molar-refractivity contribution in [3.05, 3.63) is 65.0 Å². The second kappa shape index (κ2) is 7.79. The first-order chi connectivity index (χ1) is 12.0. The molecule has 1 aromatic heterocycles. The Morgan fingerprint density at radius 3 is 2.52 bits per heavy atom. The summed E-state index contributed by atoms with van der Waals surface area (Å²) < 4.78 is 0. The van der Waals surface area contributed by atoms with E-state index in [-0.39, 0.29) is 11.9 Å². The third-order valence-electron chi connectivity index (χ3n) is 5.24. The Balaban J connectivity index is 1.56. The Bertz CT molecular complexity index is 721. The van der Waals surface area contributed by atoms with E-state index < -0.39 is 0 Å². The molecule has 1 amide bonds. The highest BCUT2D eigenvalue weighted by Gasteiger charge is 2.25. The fourth-order valence-electron chi connectivity index (χ4n) is 3.53. The first-order valence-electron chi connectivity index (χ1n) is 9.06. The Labute approximate surface area is 150 Å². The van der Waals surface area contributed by atoms with Crippen molar-refractivity contribution in [2.24, 2.45) is 0 Å². The van der Waals surface area contributed by atoms with Gasteiger partial charge >= 0.3 is 0 Å². The van der Waals surface area contributed by atoms with Crippen LogP contribution in [0.4, 0.5) is 0 Å². The molecule has 3 rings (SSSR count). The number of hydrogen-bond donors (Lipinski definition) is 1. The van der Waals surface area contributed by atoms with Crippen LogP contribution in [-0.2, 0) is 0 Å². The molecular formula is C21H27N3O. The van der Waals surface area contributed by atoms with Gasteiger partial charge < -0.3 is 5.32 Å². The minimum atomic E-state index is 0.0573. The summed E-state index contributed by atoms with van der Waals surface area (Å²) in [5.41, 5.74) is 4.25. The van der Waals surface area contributed by atoms with Gasteiger partial charge in [-0.05, 0) is 62.9 Å². The molecule has 1 aliphatic rings. The molecule has 0 aliphatic carbocycles. The molecule has 4 nitrogen and oxygen atoms in total. The smallest absolute Gasteiger partial charge is 0.251 e. The van der Waals surface area contributed by atoms with Crippen molar-refractivity contribution in [1.82, 2.24) is 15.2 Å². The monoisotopic (exact) mass is 337 g/mol. The minimum Gasteiger partial charge on any atom is -0.349 e. The third-order valence-corrected chi connectivity index (χ3v) is 5.24. The van der Waals surface area contributed by atoms with Crippen LogP contribution in [0.5, 0.6) is 0 Å². The highest BCUT2D eigenvalue weighted by Crippen LogP contribution is 2.24. The lowest BCUT2D eigenvalue weighted by molar-refractivity contribution is 0.0895. The number of benzene rings is 1. The van der Waals surface area contributed by atoms with Gasteiger partial charge in [-0.3, -0.25) is 14.7 Å². The van der Waals surface area contributed by atoms with Crippen molar-refractivity contribution in [2.45, 2.75) is 45.7 Å². The molecule has 1 aromatic carbocycles. The minimum absolute atomic E-state index is 0.0573. The quantitative estimate of drug-likeness (QED) is 0.926. The number of nitrogens with zero attached hydrogens (tertiary/aromatic N) is 2. The van der Waals surface area contributed by atoms with Gasteiger partial charge in [-0.25, -0.2) is 0 Å². The lowest BCUT2D eigenvalue weighted by Crippen LogP contribution is -2.45. The van der Waals surface area contributed by atoms with Crippen LogP contribution >= 0.6 is 0 Å². The van der Waals surface area contributed by atoms with Crippen LogP contribution in [0.2, 0.25) is 0 Å². The van der Waals surface area contributed by atoms with Crippen molar-refractivity contribution >= 4 is 5.91 Å². The van der Waals surface area contributed by atoms with Gasteiger partial charge in [0, 0.05) is 43.1 Å². The zero-order valence-corrected chi connectivity index (χ0v) is 15.3. The van der Waals surface area contributed by atoms with E-state index in [4.69, 9.17) is 0 Å². The number of carbonyl (C=O) groups is 1. The van der Waals surface area contributed by atoms with Crippen LogP contribution in [0.1, 0.15) is 52.9 Å². The number of carbonyl (C=O) groups excluding carboxylic acids is 1. The zero-order chi connectivity index (χ0) is 17.8. The van der Waals surface area contributed by atoms with Gasteiger partial charge in [-0.1, -0.05) is 17.7 Å². The molecule has 1 aliphatic heterocycles. The SMILES string of the molecule is Cc1ccc(C)c(C(=O)NC2CCN([C@@H](C)c3ccncc3)CC2)c1. The van der Waals surface area contributed by atoms with Crippen LogP contribution in [0.15, 0.2) is 42.7 Å². The molecule has 0 bridgehead atoms. The predicted octanol–water partition coefficient (Wildman–Crippen LogP) is 3.65. The van der Waals surface area contributed by atoms with Crippen molar-refractivity contribution in [3.8, 4) is 0 Å². The maximum Gasteiger partial charge on any atom is 0.251 e. The molecule has 4 heteroatoms. The molecule has 1 atom stereocenters. The van der Waals surface area contributed by atoms with Crippen LogP contribution in [0, 0.1) is 13.8 Å². The first-order valence-corrected chi connectivity index (χ1v) is 9.06. The maximum atomic E-state index is 12.6. The number of nitrogens with one attached hydrogen (secondary N) is 1. The van der Waals surface area contributed by atoms with E-state index >= 15 is 0 Å². The van der Waals surface area contributed by atoms with E-state index in [9.17, 15) is 4.79 Å². The largest absolute Gasteiger partial charge is 0.349 e. The Hall–Kier alpha value is -2.20. The van der Waals surface area contributed by atoms with E-state index in [2.05, 4.69) is 34.3 Å². The fraction of sp³-hybridized carbons (Fsp3) is 0.429. The van der Waals surface area contributed by atoms with E-state index in [1.54, 1.807) is 0 Å². The second-order valence-corrected chi connectivity index (χ2v) is 7.06. The average molecular weight is 337 g/mol. The van der Waals surface area contributed by atoms with Gasteiger partial charge in [0.25, 0.3) is 5.91 Å². The summed E-state index contributed by atoms with van der Waals surface area (Å²) in [6, 6.07) is 10.9. The molecule has 2 aromatic rings. The summed E-state index contributed by atoms with van der Waals surface area (Å²) in [5, 5.41) is 3.23. The molecule has 1 fully saturated rings. The number of pyridine rings is 1. The van der Waals surface area contributed by atoms with E-state index in [0.717, 1.165) is 42.6 Å². The van der Waals surface area contributed by atoms with E-state index in [1.165, 1.54) is 5.56 Å². The van der Waals surface area contributed by atoms with Gasteiger partial charge in [-0.15, -0.1) is 0 Å². The van der Waals surface area contributed by atoms with Gasteiger partial charge in [0.1, 0.15) is 0 Å². The van der Waals surface area contributed by atoms with Crippen LogP contribution < -0.4 is 5.32 Å². The van der Waals surface area contributed by atoms with Gasteiger partial charge in [0.2, 0.25) is 0 Å². The third kappa shape index (κ3) is 4.26. The zero-order valence-electron chi connectivity index (χ0n) is 15.3. The van der Waals surface area contributed by atoms with E-state index in [1.807, 2.05) is 44.4 Å². The number of likely N-dealkylation sites (tertiary alicyclic amines) is 1. The van der Waals surface area contributed by atoms with Crippen molar-refractivity contribution < 1.29 is 4.79 Å². The number of aromatic nitrogens is 1. The standard InChI is InChI=1S/C21H27N3O/c1-15-4-5-16(2)20(14-15)21(25)23-19-8-12-24(13-9-19)17(3)18-6-10-22-11-7-18/h4-7,10-11,14,17,19H,8-9,12-13H2,1-3H3,(H,23,25)/t17-/m0/s1. The molecule has 25 heavy (non-hydrogen) atoms. The highest BCUT2D eigenvalue weighted by molar-refractivity contribution is 5.96. The fourth-order valence-corrected chi connectivity index (χ4v) is 3.53. The van der Waals surface area contributed by atoms with Crippen LogP contribution in [-0.4, -0.2) is 34.9 Å². The molecular weight excluding hydrogens is 310 g/mol. The summed E-state index contributed by atoms with van der Waals surface area (Å²) in [6.07, 6.45) is 5.68. The summed E-state index contributed by atoms with van der Waals surface area (Å²) >= 11 is 0. The van der Waals surface area contributed by atoms with Gasteiger partial charge in [-0.2, -0.15) is 0 Å².